The Morgan fingerprint density at radius 2 is 1.52 bits per heavy atom. The second-order valence-corrected chi connectivity index (χ2v) is 6.78. The standard InChI is InChI=1S/C17H30N2O2/c1-6-10-19(11-7-2)12-8-9-18-14-13(17(3,4)5)15(20)16(14)21/h18H,6-12H2,1-5H3. The topological polar surface area (TPSA) is 49.4 Å². The van der Waals surface area contributed by atoms with Crippen LogP contribution in [0.25, 0.3) is 0 Å². The molecule has 0 unspecified atom stereocenters. The zero-order chi connectivity index (χ0) is 16.0. The van der Waals surface area contributed by atoms with E-state index in [2.05, 4.69) is 24.1 Å². The third-order valence-corrected chi connectivity index (χ3v) is 3.69. The van der Waals surface area contributed by atoms with E-state index in [-0.39, 0.29) is 16.3 Å². The largest absolute Gasteiger partial charge is 0.381 e. The molecular formula is C17H30N2O2. The number of nitrogens with zero attached hydrogens (tertiary/aromatic N) is 1. The van der Waals surface area contributed by atoms with Gasteiger partial charge >= 0.3 is 0 Å². The lowest BCUT2D eigenvalue weighted by Gasteiger charge is -2.25. The second kappa shape index (κ2) is 7.74. The third kappa shape index (κ3) is 4.67. The molecule has 4 heteroatoms. The van der Waals surface area contributed by atoms with E-state index in [0.29, 0.717) is 11.3 Å². The van der Waals surface area contributed by atoms with E-state index in [1.54, 1.807) is 0 Å². The summed E-state index contributed by atoms with van der Waals surface area (Å²) < 4.78 is 0. The van der Waals surface area contributed by atoms with Crippen molar-refractivity contribution in [3.05, 3.63) is 26.0 Å². The van der Waals surface area contributed by atoms with Crippen molar-refractivity contribution in [2.75, 3.05) is 31.5 Å². The summed E-state index contributed by atoms with van der Waals surface area (Å²) in [5.74, 6) is 0. The van der Waals surface area contributed by atoms with E-state index < -0.39 is 0 Å². The molecule has 0 bridgehead atoms. The summed E-state index contributed by atoms with van der Waals surface area (Å²) in [5, 5.41) is 3.18. The zero-order valence-electron chi connectivity index (χ0n) is 14.2. The maximum Gasteiger partial charge on any atom is 0.249 e. The molecule has 21 heavy (non-hydrogen) atoms. The summed E-state index contributed by atoms with van der Waals surface area (Å²) in [6.45, 7) is 14.3. The SMILES string of the molecule is CCCN(CCC)CCCNc1c(C(C)(C)C)c(=O)c1=O. The first-order valence-corrected chi connectivity index (χ1v) is 8.12. The highest BCUT2D eigenvalue weighted by molar-refractivity contribution is 5.59. The van der Waals surface area contributed by atoms with Gasteiger partial charge in [0.25, 0.3) is 0 Å². The molecule has 0 saturated carbocycles. The first-order valence-electron chi connectivity index (χ1n) is 8.12. The van der Waals surface area contributed by atoms with Crippen LogP contribution in [0.15, 0.2) is 9.59 Å². The van der Waals surface area contributed by atoms with Gasteiger partial charge in [-0.2, -0.15) is 0 Å². The highest BCUT2D eigenvalue weighted by atomic mass is 16.2. The number of nitrogens with one attached hydrogen (secondary N) is 1. The number of hydrogen-bond acceptors (Lipinski definition) is 4. The fourth-order valence-corrected chi connectivity index (χ4v) is 2.76. The Morgan fingerprint density at radius 1 is 0.952 bits per heavy atom. The average molecular weight is 294 g/mol. The maximum absolute atomic E-state index is 11.7. The molecule has 0 aliphatic heterocycles. The first kappa shape index (κ1) is 17.9. The third-order valence-electron chi connectivity index (χ3n) is 3.69. The highest BCUT2D eigenvalue weighted by Crippen LogP contribution is 2.25. The fraction of sp³-hybridized carbons (Fsp3) is 0.765. The predicted octanol–water partition coefficient (Wildman–Crippen LogP) is 2.50. The predicted molar refractivity (Wildman–Crippen MR) is 90.2 cm³/mol. The molecule has 1 aromatic carbocycles. The van der Waals surface area contributed by atoms with Crippen LogP contribution in [-0.4, -0.2) is 31.1 Å². The molecule has 0 heterocycles. The van der Waals surface area contributed by atoms with Gasteiger partial charge in [0.2, 0.25) is 10.9 Å². The number of anilines is 1. The molecule has 1 rings (SSSR count). The quantitative estimate of drug-likeness (QED) is 0.561. The summed E-state index contributed by atoms with van der Waals surface area (Å²) in [6.07, 6.45) is 3.32. The van der Waals surface area contributed by atoms with Gasteiger partial charge in [-0.25, -0.2) is 0 Å². The molecule has 0 aromatic heterocycles. The van der Waals surface area contributed by atoms with Crippen molar-refractivity contribution in [1.29, 1.82) is 0 Å². The van der Waals surface area contributed by atoms with Gasteiger partial charge in [-0.05, 0) is 44.3 Å². The molecule has 0 spiro atoms. The molecule has 0 fully saturated rings. The van der Waals surface area contributed by atoms with Crippen molar-refractivity contribution in [2.24, 2.45) is 0 Å². The van der Waals surface area contributed by atoms with Crippen LogP contribution < -0.4 is 16.2 Å². The minimum absolute atomic E-state index is 0.260. The highest BCUT2D eigenvalue weighted by Gasteiger charge is 2.29. The van der Waals surface area contributed by atoms with Crippen LogP contribution in [-0.2, 0) is 5.41 Å². The van der Waals surface area contributed by atoms with E-state index in [1.165, 1.54) is 12.8 Å². The van der Waals surface area contributed by atoms with Gasteiger partial charge in [0.05, 0.1) is 5.69 Å². The molecule has 4 nitrogen and oxygen atoms in total. The average Bonchev–Trinajstić information content (AvgIpc) is 2.40. The summed E-state index contributed by atoms with van der Waals surface area (Å²) in [6, 6.07) is 0. The van der Waals surface area contributed by atoms with Crippen molar-refractivity contribution in [3.8, 4) is 0 Å². The van der Waals surface area contributed by atoms with E-state index in [0.717, 1.165) is 32.6 Å². The van der Waals surface area contributed by atoms with E-state index in [9.17, 15) is 9.59 Å². The minimum atomic E-state index is -0.348. The van der Waals surface area contributed by atoms with Gasteiger partial charge in [0, 0.05) is 12.1 Å². The molecule has 1 aromatic rings. The monoisotopic (exact) mass is 294 g/mol. The second-order valence-electron chi connectivity index (χ2n) is 6.78. The van der Waals surface area contributed by atoms with Crippen LogP contribution in [0.5, 0.6) is 0 Å². The fourth-order valence-electron chi connectivity index (χ4n) is 2.76. The Hall–Kier alpha value is -1.16. The summed E-state index contributed by atoms with van der Waals surface area (Å²) in [5.41, 5.74) is 0.281. The molecule has 0 saturated heterocycles. The van der Waals surface area contributed by atoms with Gasteiger partial charge in [-0.3, -0.25) is 9.59 Å². The van der Waals surface area contributed by atoms with Crippen molar-refractivity contribution in [3.63, 3.8) is 0 Å². The Bertz CT molecular complexity index is 501. The van der Waals surface area contributed by atoms with Crippen LogP contribution in [0, 0.1) is 0 Å². The Balaban J connectivity index is 2.49. The van der Waals surface area contributed by atoms with Crippen LogP contribution in [0.1, 0.15) is 59.4 Å². The van der Waals surface area contributed by atoms with E-state index in [4.69, 9.17) is 0 Å². The minimum Gasteiger partial charge on any atom is -0.381 e. The van der Waals surface area contributed by atoms with Gasteiger partial charge < -0.3 is 10.2 Å². The molecule has 0 radical (unpaired) electrons. The summed E-state index contributed by atoms with van der Waals surface area (Å²) in [4.78, 5) is 25.8. The summed E-state index contributed by atoms with van der Waals surface area (Å²) >= 11 is 0. The molecule has 0 aliphatic carbocycles. The van der Waals surface area contributed by atoms with Gasteiger partial charge in [-0.15, -0.1) is 0 Å². The van der Waals surface area contributed by atoms with Crippen molar-refractivity contribution in [1.82, 2.24) is 4.90 Å². The Morgan fingerprint density at radius 3 is 2.00 bits per heavy atom. The van der Waals surface area contributed by atoms with Gasteiger partial charge in [-0.1, -0.05) is 34.6 Å². The molecule has 0 aliphatic rings. The lowest BCUT2D eigenvalue weighted by atomic mass is 9.82. The Kier molecular flexibility index (Phi) is 6.59. The number of hydrogen-bond donors (Lipinski definition) is 1. The molecular weight excluding hydrogens is 264 g/mol. The lowest BCUT2D eigenvalue weighted by molar-refractivity contribution is 0.274. The Labute approximate surface area is 128 Å². The maximum atomic E-state index is 11.7. The van der Waals surface area contributed by atoms with Crippen molar-refractivity contribution in [2.45, 2.75) is 59.3 Å². The molecule has 0 atom stereocenters. The van der Waals surface area contributed by atoms with Crippen LogP contribution in [0.2, 0.25) is 0 Å². The van der Waals surface area contributed by atoms with Gasteiger partial charge in [0.1, 0.15) is 0 Å². The van der Waals surface area contributed by atoms with Crippen LogP contribution in [0.4, 0.5) is 5.69 Å². The molecule has 1 N–H and O–H groups in total. The van der Waals surface area contributed by atoms with E-state index >= 15 is 0 Å². The zero-order valence-corrected chi connectivity index (χ0v) is 14.2. The van der Waals surface area contributed by atoms with Crippen molar-refractivity contribution >= 4 is 5.69 Å². The van der Waals surface area contributed by atoms with Crippen molar-refractivity contribution < 1.29 is 0 Å². The van der Waals surface area contributed by atoms with Gasteiger partial charge in [0.15, 0.2) is 0 Å². The normalized spacial score (nSPS) is 12.3. The van der Waals surface area contributed by atoms with E-state index in [1.807, 2.05) is 20.8 Å². The lowest BCUT2D eigenvalue weighted by Crippen LogP contribution is -2.43. The smallest absolute Gasteiger partial charge is 0.249 e. The van der Waals surface area contributed by atoms with Crippen LogP contribution >= 0.6 is 0 Å². The summed E-state index contributed by atoms with van der Waals surface area (Å²) in [7, 11) is 0. The molecule has 120 valence electrons. The molecule has 0 amide bonds. The number of rotatable bonds is 9. The van der Waals surface area contributed by atoms with Crippen LogP contribution in [0.3, 0.4) is 0 Å². The first-order chi connectivity index (χ1) is 9.82.